The van der Waals surface area contributed by atoms with Gasteiger partial charge >= 0.3 is 0 Å². The van der Waals surface area contributed by atoms with Crippen molar-refractivity contribution in [3.8, 4) is 0 Å². The standard InChI is InChI=1S/C15H20ClFN2/c1-2-15-14-7-18-6-11(14)9-19(15)8-10-3-12(16)5-13(17)4-10/h3-5,11,14-15,18H,2,6-9H2,1H3. The molecule has 0 spiro atoms. The predicted octanol–water partition coefficient (Wildman–Crippen LogP) is 2.91. The molecule has 104 valence electrons. The van der Waals surface area contributed by atoms with E-state index < -0.39 is 0 Å². The number of benzene rings is 1. The Hall–Kier alpha value is -0.640. The molecule has 0 aromatic heterocycles. The Morgan fingerprint density at radius 1 is 1.37 bits per heavy atom. The average molecular weight is 283 g/mol. The molecule has 0 bridgehead atoms. The number of rotatable bonds is 3. The molecule has 0 amide bonds. The second-order valence-corrected chi connectivity index (χ2v) is 6.20. The summed E-state index contributed by atoms with van der Waals surface area (Å²) in [6, 6.07) is 5.46. The van der Waals surface area contributed by atoms with Gasteiger partial charge in [-0.25, -0.2) is 4.39 Å². The lowest BCUT2D eigenvalue weighted by atomic mass is 9.93. The van der Waals surface area contributed by atoms with Crippen LogP contribution in [0.3, 0.4) is 0 Å². The van der Waals surface area contributed by atoms with Crippen LogP contribution in [0.4, 0.5) is 4.39 Å². The number of likely N-dealkylation sites (tertiary alicyclic amines) is 1. The van der Waals surface area contributed by atoms with Crippen LogP contribution in [-0.2, 0) is 6.54 Å². The molecule has 1 aromatic carbocycles. The minimum absolute atomic E-state index is 0.239. The maximum Gasteiger partial charge on any atom is 0.125 e. The average Bonchev–Trinajstić information content (AvgIpc) is 2.87. The van der Waals surface area contributed by atoms with Crippen LogP contribution >= 0.6 is 11.6 Å². The van der Waals surface area contributed by atoms with E-state index in [1.165, 1.54) is 6.07 Å². The fourth-order valence-electron chi connectivity index (χ4n) is 3.79. The number of halogens is 2. The Morgan fingerprint density at radius 2 is 2.21 bits per heavy atom. The molecule has 1 N–H and O–H groups in total. The summed E-state index contributed by atoms with van der Waals surface area (Å²) in [7, 11) is 0. The molecule has 2 nitrogen and oxygen atoms in total. The maximum absolute atomic E-state index is 13.4. The van der Waals surface area contributed by atoms with Crippen molar-refractivity contribution < 1.29 is 4.39 Å². The van der Waals surface area contributed by atoms with Crippen LogP contribution in [0.25, 0.3) is 0 Å². The summed E-state index contributed by atoms with van der Waals surface area (Å²) < 4.78 is 13.4. The number of hydrogen-bond donors (Lipinski definition) is 1. The number of nitrogens with zero attached hydrogens (tertiary/aromatic N) is 1. The van der Waals surface area contributed by atoms with Gasteiger partial charge in [-0.05, 0) is 55.1 Å². The highest BCUT2D eigenvalue weighted by Gasteiger charge is 2.42. The molecule has 2 aliphatic heterocycles. The van der Waals surface area contributed by atoms with E-state index in [0.717, 1.165) is 50.0 Å². The second-order valence-electron chi connectivity index (χ2n) is 5.76. The molecule has 4 heteroatoms. The summed E-state index contributed by atoms with van der Waals surface area (Å²) in [5, 5.41) is 3.97. The van der Waals surface area contributed by atoms with Crippen LogP contribution in [-0.4, -0.2) is 30.6 Å². The minimum atomic E-state index is -0.239. The van der Waals surface area contributed by atoms with E-state index in [1.54, 1.807) is 6.07 Å². The molecule has 3 unspecified atom stereocenters. The summed E-state index contributed by atoms with van der Waals surface area (Å²) in [5.74, 6) is 1.28. The zero-order valence-electron chi connectivity index (χ0n) is 11.2. The van der Waals surface area contributed by atoms with E-state index in [2.05, 4.69) is 17.1 Å². The van der Waals surface area contributed by atoms with Crippen LogP contribution < -0.4 is 5.32 Å². The van der Waals surface area contributed by atoms with Crippen molar-refractivity contribution in [2.24, 2.45) is 11.8 Å². The summed E-state index contributed by atoms with van der Waals surface area (Å²) >= 11 is 5.93. The van der Waals surface area contributed by atoms with Crippen molar-refractivity contribution in [1.82, 2.24) is 10.2 Å². The molecular weight excluding hydrogens is 263 g/mol. The Kier molecular flexibility index (Phi) is 3.79. The van der Waals surface area contributed by atoms with Crippen molar-refractivity contribution in [2.45, 2.75) is 25.9 Å². The molecule has 0 aliphatic carbocycles. The first-order valence-corrected chi connectivity index (χ1v) is 7.45. The van der Waals surface area contributed by atoms with Crippen molar-refractivity contribution >= 4 is 11.6 Å². The van der Waals surface area contributed by atoms with Crippen LogP contribution in [0.2, 0.25) is 5.02 Å². The molecular formula is C15H20ClFN2. The summed E-state index contributed by atoms with van der Waals surface area (Å²) in [6.45, 7) is 6.43. The van der Waals surface area contributed by atoms with Crippen molar-refractivity contribution in [3.05, 3.63) is 34.6 Å². The van der Waals surface area contributed by atoms with Crippen LogP contribution in [0.1, 0.15) is 18.9 Å². The molecule has 2 fully saturated rings. The molecule has 1 aromatic rings. The Balaban J connectivity index is 1.75. The van der Waals surface area contributed by atoms with E-state index in [0.29, 0.717) is 11.1 Å². The van der Waals surface area contributed by atoms with Gasteiger partial charge in [0.1, 0.15) is 5.82 Å². The third-order valence-electron chi connectivity index (χ3n) is 4.55. The minimum Gasteiger partial charge on any atom is -0.316 e. The van der Waals surface area contributed by atoms with Crippen molar-refractivity contribution in [1.29, 1.82) is 0 Å². The first-order valence-electron chi connectivity index (χ1n) is 7.07. The van der Waals surface area contributed by atoms with Gasteiger partial charge in [-0.15, -0.1) is 0 Å². The van der Waals surface area contributed by atoms with E-state index in [1.807, 2.05) is 6.07 Å². The lowest BCUT2D eigenvalue weighted by Gasteiger charge is -2.26. The van der Waals surface area contributed by atoms with Crippen molar-refractivity contribution in [3.63, 3.8) is 0 Å². The quantitative estimate of drug-likeness (QED) is 0.917. The normalized spacial score (nSPS) is 30.8. The van der Waals surface area contributed by atoms with Gasteiger partial charge in [-0.2, -0.15) is 0 Å². The largest absolute Gasteiger partial charge is 0.316 e. The number of hydrogen-bond acceptors (Lipinski definition) is 2. The fourth-order valence-corrected chi connectivity index (χ4v) is 4.03. The van der Waals surface area contributed by atoms with Crippen molar-refractivity contribution in [2.75, 3.05) is 19.6 Å². The second kappa shape index (κ2) is 5.39. The summed E-state index contributed by atoms with van der Waals surface area (Å²) in [5.41, 5.74) is 0.983. The summed E-state index contributed by atoms with van der Waals surface area (Å²) in [4.78, 5) is 2.50. The lowest BCUT2D eigenvalue weighted by molar-refractivity contribution is 0.210. The first-order chi connectivity index (χ1) is 9.17. The monoisotopic (exact) mass is 282 g/mol. The zero-order valence-corrected chi connectivity index (χ0v) is 12.0. The Labute approximate surface area is 118 Å². The van der Waals surface area contributed by atoms with Gasteiger partial charge in [-0.3, -0.25) is 4.90 Å². The van der Waals surface area contributed by atoms with Gasteiger partial charge in [0.25, 0.3) is 0 Å². The van der Waals surface area contributed by atoms with E-state index in [-0.39, 0.29) is 5.82 Å². The highest BCUT2D eigenvalue weighted by molar-refractivity contribution is 6.30. The molecule has 0 radical (unpaired) electrons. The van der Waals surface area contributed by atoms with Crippen LogP contribution in [0.5, 0.6) is 0 Å². The van der Waals surface area contributed by atoms with Gasteiger partial charge < -0.3 is 5.32 Å². The predicted molar refractivity (Wildman–Crippen MR) is 75.7 cm³/mol. The first kappa shape index (κ1) is 13.3. The molecule has 19 heavy (non-hydrogen) atoms. The number of nitrogens with one attached hydrogen (secondary N) is 1. The smallest absolute Gasteiger partial charge is 0.125 e. The van der Waals surface area contributed by atoms with Gasteiger partial charge in [0.15, 0.2) is 0 Å². The third-order valence-corrected chi connectivity index (χ3v) is 4.77. The lowest BCUT2D eigenvalue weighted by Crippen LogP contribution is -2.34. The number of fused-ring (bicyclic) bond motifs is 1. The van der Waals surface area contributed by atoms with Crippen LogP contribution in [0, 0.1) is 17.7 Å². The topological polar surface area (TPSA) is 15.3 Å². The summed E-state index contributed by atoms with van der Waals surface area (Å²) in [6.07, 6.45) is 1.16. The van der Waals surface area contributed by atoms with E-state index >= 15 is 0 Å². The molecule has 2 saturated heterocycles. The SMILES string of the molecule is CCC1C2CNCC2CN1Cc1cc(F)cc(Cl)c1. The molecule has 3 rings (SSSR count). The van der Waals surface area contributed by atoms with Gasteiger partial charge in [0, 0.05) is 24.2 Å². The maximum atomic E-state index is 13.4. The molecule has 3 atom stereocenters. The molecule has 2 aliphatic rings. The Morgan fingerprint density at radius 3 is 2.95 bits per heavy atom. The van der Waals surface area contributed by atoms with Gasteiger partial charge in [-0.1, -0.05) is 18.5 Å². The van der Waals surface area contributed by atoms with E-state index in [4.69, 9.17) is 11.6 Å². The van der Waals surface area contributed by atoms with E-state index in [9.17, 15) is 4.39 Å². The zero-order chi connectivity index (χ0) is 13.4. The fraction of sp³-hybridized carbons (Fsp3) is 0.600. The third kappa shape index (κ3) is 2.64. The highest BCUT2D eigenvalue weighted by Crippen LogP contribution is 2.35. The molecule has 0 saturated carbocycles. The molecule has 2 heterocycles. The Bertz CT molecular complexity index is 445. The van der Waals surface area contributed by atoms with Gasteiger partial charge in [0.05, 0.1) is 0 Å². The van der Waals surface area contributed by atoms with Gasteiger partial charge in [0.2, 0.25) is 0 Å². The van der Waals surface area contributed by atoms with Crippen LogP contribution in [0.15, 0.2) is 18.2 Å². The highest BCUT2D eigenvalue weighted by atomic mass is 35.5.